The van der Waals surface area contributed by atoms with Crippen molar-refractivity contribution >= 4 is 0 Å². The van der Waals surface area contributed by atoms with Crippen LogP contribution < -0.4 is 5.32 Å². The van der Waals surface area contributed by atoms with E-state index >= 15 is 0 Å². The molecule has 1 aliphatic rings. The maximum absolute atomic E-state index is 5.84. The van der Waals surface area contributed by atoms with Crippen molar-refractivity contribution in [2.75, 3.05) is 19.7 Å². The molecule has 0 spiro atoms. The molecule has 13 heavy (non-hydrogen) atoms. The molecule has 1 rings (SSSR count). The molecule has 0 bridgehead atoms. The van der Waals surface area contributed by atoms with E-state index in [1.165, 1.54) is 19.3 Å². The number of nitrogens with one attached hydrogen (secondary N) is 1. The predicted octanol–water partition coefficient (Wildman–Crippen LogP) is 2.19. The molecule has 0 radical (unpaired) electrons. The number of rotatable bonds is 7. The molecule has 0 aromatic heterocycles. The molecule has 0 aliphatic heterocycles. The van der Waals surface area contributed by atoms with E-state index in [0.717, 1.165) is 25.6 Å². The first-order valence-electron chi connectivity index (χ1n) is 5.49. The van der Waals surface area contributed by atoms with Crippen molar-refractivity contribution in [2.24, 2.45) is 5.92 Å². The highest BCUT2D eigenvalue weighted by atomic mass is 16.5. The number of hydrogen-bond acceptors (Lipinski definition) is 2. The molecular weight excluding hydrogens is 162 g/mol. The van der Waals surface area contributed by atoms with Gasteiger partial charge in [0.2, 0.25) is 0 Å². The minimum atomic E-state index is 0.0117. The number of ether oxygens (including phenoxy) is 1. The average molecular weight is 185 g/mol. The van der Waals surface area contributed by atoms with Gasteiger partial charge in [0.05, 0.1) is 12.2 Å². The summed E-state index contributed by atoms with van der Waals surface area (Å²) in [6.07, 6.45) is 3.94. The van der Waals surface area contributed by atoms with Gasteiger partial charge in [0.15, 0.2) is 0 Å². The molecular formula is C11H23NO. The second-order valence-corrected chi connectivity index (χ2v) is 4.69. The highest BCUT2D eigenvalue weighted by Crippen LogP contribution is 2.30. The van der Waals surface area contributed by atoms with Gasteiger partial charge in [-0.15, -0.1) is 0 Å². The van der Waals surface area contributed by atoms with E-state index in [1.807, 2.05) is 0 Å². The molecule has 0 aromatic carbocycles. The van der Waals surface area contributed by atoms with Crippen molar-refractivity contribution in [3.8, 4) is 0 Å². The predicted molar refractivity (Wildman–Crippen MR) is 55.9 cm³/mol. The molecule has 0 aromatic rings. The van der Waals surface area contributed by atoms with Crippen LogP contribution >= 0.6 is 0 Å². The molecule has 0 amide bonds. The van der Waals surface area contributed by atoms with Gasteiger partial charge in [-0.25, -0.2) is 0 Å². The normalized spacial score (nSPS) is 17.8. The maximum atomic E-state index is 5.84. The van der Waals surface area contributed by atoms with Crippen LogP contribution in [0.4, 0.5) is 0 Å². The Kier molecular flexibility index (Phi) is 4.20. The quantitative estimate of drug-likeness (QED) is 0.614. The Morgan fingerprint density at radius 3 is 2.62 bits per heavy atom. The minimum absolute atomic E-state index is 0.0117. The van der Waals surface area contributed by atoms with Gasteiger partial charge >= 0.3 is 0 Å². The molecule has 2 nitrogen and oxygen atoms in total. The molecule has 2 heteroatoms. The summed E-state index contributed by atoms with van der Waals surface area (Å²) in [4.78, 5) is 0. The lowest BCUT2D eigenvalue weighted by Gasteiger charge is -2.25. The fourth-order valence-electron chi connectivity index (χ4n) is 1.25. The lowest BCUT2D eigenvalue weighted by Crippen LogP contribution is -2.38. The summed E-state index contributed by atoms with van der Waals surface area (Å²) in [5.41, 5.74) is 0.0117. The van der Waals surface area contributed by atoms with Crippen LogP contribution in [-0.4, -0.2) is 25.3 Å². The Hall–Kier alpha value is -0.0800. The van der Waals surface area contributed by atoms with Crippen LogP contribution in [0.15, 0.2) is 0 Å². The first kappa shape index (κ1) is 11.0. The smallest absolute Gasteiger partial charge is 0.0750 e. The first-order valence-corrected chi connectivity index (χ1v) is 5.49. The highest BCUT2D eigenvalue weighted by molar-refractivity contribution is 4.77. The van der Waals surface area contributed by atoms with Crippen molar-refractivity contribution in [3.05, 3.63) is 0 Å². The maximum Gasteiger partial charge on any atom is 0.0750 e. The van der Waals surface area contributed by atoms with E-state index < -0.39 is 0 Å². The largest absolute Gasteiger partial charge is 0.374 e. The van der Waals surface area contributed by atoms with Crippen LogP contribution in [-0.2, 0) is 4.74 Å². The zero-order valence-corrected chi connectivity index (χ0v) is 9.23. The molecule has 0 saturated heterocycles. The SMILES string of the molecule is CCCNCC(C)(C)OCC1CC1. The molecule has 1 aliphatic carbocycles. The fourth-order valence-corrected chi connectivity index (χ4v) is 1.25. The van der Waals surface area contributed by atoms with E-state index in [1.54, 1.807) is 0 Å². The van der Waals surface area contributed by atoms with Crippen molar-refractivity contribution in [2.45, 2.75) is 45.6 Å². The number of hydrogen-bond donors (Lipinski definition) is 1. The summed E-state index contributed by atoms with van der Waals surface area (Å²) in [5, 5.41) is 3.39. The molecule has 0 heterocycles. The third kappa shape index (κ3) is 5.27. The van der Waals surface area contributed by atoms with Crippen LogP contribution in [0, 0.1) is 5.92 Å². The van der Waals surface area contributed by atoms with E-state index in [2.05, 4.69) is 26.1 Å². The average Bonchev–Trinajstić information content (AvgIpc) is 2.84. The van der Waals surface area contributed by atoms with E-state index in [9.17, 15) is 0 Å². The van der Waals surface area contributed by atoms with Gasteiger partial charge in [-0.05, 0) is 45.6 Å². The molecule has 1 saturated carbocycles. The summed E-state index contributed by atoms with van der Waals surface area (Å²) >= 11 is 0. The van der Waals surface area contributed by atoms with Crippen LogP contribution in [0.3, 0.4) is 0 Å². The summed E-state index contributed by atoms with van der Waals surface area (Å²) in [7, 11) is 0. The fraction of sp³-hybridized carbons (Fsp3) is 1.00. The van der Waals surface area contributed by atoms with E-state index in [-0.39, 0.29) is 5.60 Å². The minimum Gasteiger partial charge on any atom is -0.374 e. The lowest BCUT2D eigenvalue weighted by molar-refractivity contribution is -0.0217. The van der Waals surface area contributed by atoms with Gasteiger partial charge in [0.25, 0.3) is 0 Å². The van der Waals surface area contributed by atoms with Crippen molar-refractivity contribution in [1.29, 1.82) is 0 Å². The molecule has 0 atom stereocenters. The van der Waals surface area contributed by atoms with Crippen molar-refractivity contribution in [3.63, 3.8) is 0 Å². The Bertz CT molecular complexity index is 141. The zero-order valence-electron chi connectivity index (χ0n) is 9.23. The Balaban J connectivity index is 2.03. The third-order valence-electron chi connectivity index (χ3n) is 2.38. The monoisotopic (exact) mass is 185 g/mol. The van der Waals surface area contributed by atoms with Gasteiger partial charge in [0.1, 0.15) is 0 Å². The summed E-state index contributed by atoms with van der Waals surface area (Å²) in [6.45, 7) is 9.53. The topological polar surface area (TPSA) is 21.3 Å². The van der Waals surface area contributed by atoms with Gasteiger partial charge < -0.3 is 10.1 Å². The van der Waals surface area contributed by atoms with Crippen molar-refractivity contribution < 1.29 is 4.74 Å². The Labute approximate surface area is 82.0 Å². The Morgan fingerprint density at radius 1 is 1.38 bits per heavy atom. The Morgan fingerprint density at radius 2 is 2.08 bits per heavy atom. The third-order valence-corrected chi connectivity index (χ3v) is 2.38. The molecule has 1 N–H and O–H groups in total. The standard InChI is InChI=1S/C11H23NO/c1-4-7-12-9-11(2,3)13-8-10-5-6-10/h10,12H,4-9H2,1-3H3. The summed E-state index contributed by atoms with van der Waals surface area (Å²) in [5.74, 6) is 0.866. The van der Waals surface area contributed by atoms with E-state index in [4.69, 9.17) is 4.74 Å². The zero-order chi connectivity index (χ0) is 9.73. The van der Waals surface area contributed by atoms with E-state index in [0.29, 0.717) is 0 Å². The summed E-state index contributed by atoms with van der Waals surface area (Å²) in [6, 6.07) is 0. The molecule has 1 fully saturated rings. The molecule has 78 valence electrons. The first-order chi connectivity index (χ1) is 6.14. The second kappa shape index (κ2) is 4.97. The highest BCUT2D eigenvalue weighted by Gasteiger charge is 2.25. The summed E-state index contributed by atoms with van der Waals surface area (Å²) < 4.78 is 5.84. The van der Waals surface area contributed by atoms with Gasteiger partial charge in [0, 0.05) is 6.54 Å². The van der Waals surface area contributed by atoms with Crippen LogP contribution in [0.2, 0.25) is 0 Å². The van der Waals surface area contributed by atoms with Crippen LogP contribution in [0.25, 0.3) is 0 Å². The van der Waals surface area contributed by atoms with Crippen LogP contribution in [0.5, 0.6) is 0 Å². The van der Waals surface area contributed by atoms with Gasteiger partial charge in [-0.1, -0.05) is 6.92 Å². The van der Waals surface area contributed by atoms with Crippen LogP contribution in [0.1, 0.15) is 40.0 Å². The molecule has 0 unspecified atom stereocenters. The van der Waals surface area contributed by atoms with Gasteiger partial charge in [-0.2, -0.15) is 0 Å². The van der Waals surface area contributed by atoms with Crippen molar-refractivity contribution in [1.82, 2.24) is 5.32 Å². The van der Waals surface area contributed by atoms with Gasteiger partial charge in [-0.3, -0.25) is 0 Å². The second-order valence-electron chi connectivity index (χ2n) is 4.69. The lowest BCUT2D eigenvalue weighted by atomic mass is 10.1.